The summed E-state index contributed by atoms with van der Waals surface area (Å²) in [5.74, 6) is 0.523. The van der Waals surface area contributed by atoms with Gasteiger partial charge in [-0.1, -0.05) is 25.4 Å². The molecule has 0 radical (unpaired) electrons. The van der Waals surface area contributed by atoms with Crippen LogP contribution in [-0.2, 0) is 6.54 Å². The summed E-state index contributed by atoms with van der Waals surface area (Å²) < 4.78 is 2.11. The first-order chi connectivity index (χ1) is 5.15. The quantitative estimate of drug-likeness (QED) is 0.644. The standard InChI is InChI=1S/C9H14ClN/c1-4-11-5-8(7(2)3)9(10)6-11/h5-7H,4H2,1-3H3. The summed E-state index contributed by atoms with van der Waals surface area (Å²) in [6.07, 6.45) is 4.10. The summed E-state index contributed by atoms with van der Waals surface area (Å²) >= 11 is 6.00. The highest BCUT2D eigenvalue weighted by Crippen LogP contribution is 2.24. The Kier molecular flexibility index (Phi) is 2.61. The second-order valence-electron chi connectivity index (χ2n) is 3.05. The highest BCUT2D eigenvalue weighted by Gasteiger charge is 2.06. The van der Waals surface area contributed by atoms with Gasteiger partial charge in [0.05, 0.1) is 5.02 Å². The van der Waals surface area contributed by atoms with Crippen LogP contribution in [0.3, 0.4) is 0 Å². The van der Waals surface area contributed by atoms with Gasteiger partial charge in [0.1, 0.15) is 0 Å². The monoisotopic (exact) mass is 171 g/mol. The van der Waals surface area contributed by atoms with Crippen LogP contribution in [-0.4, -0.2) is 4.57 Å². The highest BCUT2D eigenvalue weighted by atomic mass is 35.5. The largest absolute Gasteiger partial charge is 0.353 e. The molecule has 0 saturated heterocycles. The first-order valence-electron chi connectivity index (χ1n) is 4.00. The number of nitrogens with zero attached hydrogens (tertiary/aromatic N) is 1. The Balaban J connectivity index is 2.97. The Bertz CT molecular complexity index is 238. The lowest BCUT2D eigenvalue weighted by molar-refractivity contribution is 0.758. The molecule has 0 aliphatic carbocycles. The van der Waals surface area contributed by atoms with Crippen molar-refractivity contribution in [1.29, 1.82) is 0 Å². The average Bonchev–Trinajstić information content (AvgIpc) is 2.30. The summed E-state index contributed by atoms with van der Waals surface area (Å²) in [5, 5.41) is 0.891. The minimum absolute atomic E-state index is 0.523. The Hall–Kier alpha value is -0.430. The molecule has 0 aromatic carbocycles. The van der Waals surface area contributed by atoms with Gasteiger partial charge in [-0.25, -0.2) is 0 Å². The average molecular weight is 172 g/mol. The Labute approximate surface area is 73.0 Å². The highest BCUT2D eigenvalue weighted by molar-refractivity contribution is 6.31. The molecule has 1 nitrogen and oxygen atoms in total. The lowest BCUT2D eigenvalue weighted by Gasteiger charge is -2.00. The molecule has 0 saturated carbocycles. The second kappa shape index (κ2) is 3.31. The van der Waals surface area contributed by atoms with Gasteiger partial charge in [-0.05, 0) is 18.4 Å². The molecule has 1 heterocycles. The maximum atomic E-state index is 6.00. The van der Waals surface area contributed by atoms with E-state index in [1.54, 1.807) is 0 Å². The van der Waals surface area contributed by atoms with Crippen molar-refractivity contribution in [3.63, 3.8) is 0 Å². The molecule has 2 heteroatoms. The molecular weight excluding hydrogens is 158 g/mol. The number of halogens is 1. The normalized spacial score (nSPS) is 11.0. The molecule has 62 valence electrons. The maximum Gasteiger partial charge on any atom is 0.0617 e. The van der Waals surface area contributed by atoms with E-state index in [1.807, 2.05) is 6.20 Å². The van der Waals surface area contributed by atoms with Gasteiger partial charge >= 0.3 is 0 Å². The van der Waals surface area contributed by atoms with Crippen molar-refractivity contribution in [1.82, 2.24) is 4.57 Å². The molecule has 0 aliphatic heterocycles. The lowest BCUT2D eigenvalue weighted by Crippen LogP contribution is -1.88. The van der Waals surface area contributed by atoms with E-state index in [0.717, 1.165) is 11.6 Å². The molecule has 0 spiro atoms. The molecular formula is C9H14ClN. The molecule has 1 aromatic heterocycles. The van der Waals surface area contributed by atoms with Crippen molar-refractivity contribution < 1.29 is 0 Å². The molecule has 11 heavy (non-hydrogen) atoms. The van der Waals surface area contributed by atoms with E-state index < -0.39 is 0 Å². The smallest absolute Gasteiger partial charge is 0.0617 e. The van der Waals surface area contributed by atoms with E-state index in [2.05, 4.69) is 31.5 Å². The van der Waals surface area contributed by atoms with Gasteiger partial charge in [-0.2, -0.15) is 0 Å². The summed E-state index contributed by atoms with van der Waals surface area (Å²) in [6.45, 7) is 7.41. The van der Waals surface area contributed by atoms with Crippen molar-refractivity contribution in [2.24, 2.45) is 0 Å². The number of aryl methyl sites for hydroxylation is 1. The van der Waals surface area contributed by atoms with Crippen molar-refractivity contribution in [3.8, 4) is 0 Å². The van der Waals surface area contributed by atoms with Crippen LogP contribution in [0.25, 0.3) is 0 Å². The topological polar surface area (TPSA) is 4.93 Å². The number of hydrogen-bond donors (Lipinski definition) is 0. The van der Waals surface area contributed by atoms with E-state index in [9.17, 15) is 0 Å². The first-order valence-corrected chi connectivity index (χ1v) is 4.38. The van der Waals surface area contributed by atoms with E-state index in [-0.39, 0.29) is 0 Å². The third-order valence-electron chi connectivity index (χ3n) is 1.85. The minimum atomic E-state index is 0.523. The van der Waals surface area contributed by atoms with Crippen LogP contribution in [0.4, 0.5) is 0 Å². The van der Waals surface area contributed by atoms with Crippen LogP contribution < -0.4 is 0 Å². The minimum Gasteiger partial charge on any atom is -0.353 e. The van der Waals surface area contributed by atoms with Crippen LogP contribution in [0.1, 0.15) is 32.3 Å². The number of hydrogen-bond acceptors (Lipinski definition) is 0. The first kappa shape index (κ1) is 8.66. The van der Waals surface area contributed by atoms with Crippen LogP contribution in [0.2, 0.25) is 5.02 Å². The maximum absolute atomic E-state index is 6.00. The zero-order valence-corrected chi connectivity index (χ0v) is 8.02. The Morgan fingerprint density at radius 3 is 2.36 bits per heavy atom. The van der Waals surface area contributed by atoms with E-state index in [4.69, 9.17) is 11.6 Å². The molecule has 0 N–H and O–H groups in total. The predicted molar refractivity (Wildman–Crippen MR) is 49.2 cm³/mol. The van der Waals surface area contributed by atoms with Crippen molar-refractivity contribution in [2.45, 2.75) is 33.2 Å². The molecule has 0 atom stereocenters. The summed E-state index contributed by atoms with van der Waals surface area (Å²) in [7, 11) is 0. The fraction of sp³-hybridized carbons (Fsp3) is 0.556. The molecule has 1 aromatic rings. The lowest BCUT2D eigenvalue weighted by atomic mass is 10.1. The van der Waals surface area contributed by atoms with E-state index >= 15 is 0 Å². The third-order valence-corrected chi connectivity index (χ3v) is 2.16. The Morgan fingerprint density at radius 2 is 2.09 bits per heavy atom. The van der Waals surface area contributed by atoms with Gasteiger partial charge < -0.3 is 4.57 Å². The fourth-order valence-corrected chi connectivity index (χ4v) is 1.50. The van der Waals surface area contributed by atoms with Gasteiger partial charge in [0.25, 0.3) is 0 Å². The van der Waals surface area contributed by atoms with Gasteiger partial charge in [-0.3, -0.25) is 0 Å². The van der Waals surface area contributed by atoms with E-state index in [1.165, 1.54) is 5.56 Å². The predicted octanol–water partition coefficient (Wildman–Crippen LogP) is 3.28. The van der Waals surface area contributed by atoms with Crippen LogP contribution in [0.5, 0.6) is 0 Å². The Morgan fingerprint density at radius 1 is 1.45 bits per heavy atom. The summed E-state index contributed by atoms with van der Waals surface area (Å²) in [4.78, 5) is 0. The third kappa shape index (κ3) is 1.78. The SMILES string of the molecule is CCn1cc(Cl)c(C(C)C)c1. The fourth-order valence-electron chi connectivity index (χ4n) is 1.11. The van der Waals surface area contributed by atoms with Crippen molar-refractivity contribution in [2.75, 3.05) is 0 Å². The van der Waals surface area contributed by atoms with Crippen LogP contribution >= 0.6 is 11.6 Å². The molecule has 0 unspecified atom stereocenters. The molecule has 0 fully saturated rings. The molecule has 0 bridgehead atoms. The van der Waals surface area contributed by atoms with Crippen molar-refractivity contribution >= 4 is 11.6 Å². The van der Waals surface area contributed by atoms with Gasteiger partial charge in [0, 0.05) is 18.9 Å². The second-order valence-corrected chi connectivity index (χ2v) is 3.45. The van der Waals surface area contributed by atoms with Gasteiger partial charge in [0.15, 0.2) is 0 Å². The van der Waals surface area contributed by atoms with Crippen LogP contribution in [0, 0.1) is 0 Å². The zero-order chi connectivity index (χ0) is 8.43. The molecule has 0 aliphatic rings. The zero-order valence-electron chi connectivity index (χ0n) is 7.26. The summed E-state index contributed by atoms with van der Waals surface area (Å²) in [5.41, 5.74) is 1.24. The van der Waals surface area contributed by atoms with E-state index in [0.29, 0.717) is 5.92 Å². The molecule has 1 rings (SSSR count). The van der Waals surface area contributed by atoms with Gasteiger partial charge in [-0.15, -0.1) is 0 Å². The van der Waals surface area contributed by atoms with Crippen molar-refractivity contribution in [3.05, 3.63) is 23.0 Å². The molecule has 0 amide bonds. The number of aromatic nitrogens is 1. The number of rotatable bonds is 2. The van der Waals surface area contributed by atoms with Gasteiger partial charge in [0.2, 0.25) is 0 Å². The van der Waals surface area contributed by atoms with Crippen LogP contribution in [0.15, 0.2) is 12.4 Å². The summed E-state index contributed by atoms with van der Waals surface area (Å²) in [6, 6.07) is 0.